The van der Waals surface area contributed by atoms with E-state index in [1.165, 1.54) is 0 Å². The zero-order chi connectivity index (χ0) is 15.8. The first-order valence-corrected chi connectivity index (χ1v) is 8.64. The van der Waals surface area contributed by atoms with E-state index in [0.29, 0.717) is 21.4 Å². The standard InChI is InChI=1S/C15H17BrN2O2S/c1-9-4-5-13(6-10(9)2)18-21(19,20)15-8-12(16)7-14(17)11(15)3/h4-8,18H,17H2,1-3H3. The van der Waals surface area contributed by atoms with E-state index in [1.807, 2.05) is 26.0 Å². The largest absolute Gasteiger partial charge is 0.398 e. The molecule has 0 radical (unpaired) electrons. The molecule has 112 valence electrons. The van der Waals surface area contributed by atoms with Crippen LogP contribution in [-0.2, 0) is 10.0 Å². The number of hydrogen-bond donors (Lipinski definition) is 2. The minimum Gasteiger partial charge on any atom is -0.398 e. The zero-order valence-electron chi connectivity index (χ0n) is 12.1. The number of nitrogens with two attached hydrogens (primary N) is 1. The molecule has 0 bridgehead atoms. The number of hydrogen-bond acceptors (Lipinski definition) is 3. The maximum absolute atomic E-state index is 12.5. The second kappa shape index (κ2) is 5.69. The van der Waals surface area contributed by atoms with Gasteiger partial charge in [-0.05, 0) is 61.7 Å². The van der Waals surface area contributed by atoms with Crippen molar-refractivity contribution < 1.29 is 8.42 Å². The van der Waals surface area contributed by atoms with Crippen LogP contribution < -0.4 is 10.5 Å². The first-order valence-electron chi connectivity index (χ1n) is 6.36. The lowest BCUT2D eigenvalue weighted by Crippen LogP contribution is -2.15. The molecular weight excluding hydrogens is 352 g/mol. The molecule has 2 aromatic rings. The van der Waals surface area contributed by atoms with Crippen LogP contribution in [0.15, 0.2) is 39.7 Å². The summed E-state index contributed by atoms with van der Waals surface area (Å²) in [6.07, 6.45) is 0. The van der Waals surface area contributed by atoms with E-state index in [4.69, 9.17) is 5.73 Å². The first kappa shape index (κ1) is 15.9. The van der Waals surface area contributed by atoms with E-state index < -0.39 is 10.0 Å². The molecule has 0 aliphatic heterocycles. The minimum atomic E-state index is -3.68. The highest BCUT2D eigenvalue weighted by atomic mass is 79.9. The molecule has 2 aromatic carbocycles. The maximum atomic E-state index is 12.5. The Bertz CT molecular complexity index is 802. The van der Waals surface area contributed by atoms with Crippen LogP contribution in [0.5, 0.6) is 0 Å². The molecule has 0 spiro atoms. The summed E-state index contributed by atoms with van der Waals surface area (Å²) < 4.78 is 28.3. The van der Waals surface area contributed by atoms with Crippen molar-refractivity contribution in [2.75, 3.05) is 10.5 Å². The smallest absolute Gasteiger partial charge is 0.262 e. The van der Waals surface area contributed by atoms with Crippen molar-refractivity contribution in [1.29, 1.82) is 0 Å². The summed E-state index contributed by atoms with van der Waals surface area (Å²) in [6.45, 7) is 5.61. The summed E-state index contributed by atoms with van der Waals surface area (Å²) in [6, 6.07) is 8.68. The molecule has 4 nitrogen and oxygen atoms in total. The van der Waals surface area contributed by atoms with E-state index in [2.05, 4.69) is 20.7 Å². The lowest BCUT2D eigenvalue weighted by molar-refractivity contribution is 0.600. The van der Waals surface area contributed by atoms with Crippen LogP contribution in [0.1, 0.15) is 16.7 Å². The van der Waals surface area contributed by atoms with Gasteiger partial charge in [0.2, 0.25) is 0 Å². The Morgan fingerprint density at radius 2 is 1.71 bits per heavy atom. The van der Waals surface area contributed by atoms with Gasteiger partial charge in [0, 0.05) is 15.8 Å². The van der Waals surface area contributed by atoms with E-state index in [-0.39, 0.29) is 4.90 Å². The summed E-state index contributed by atoms with van der Waals surface area (Å²) in [5.41, 5.74) is 9.48. The molecule has 21 heavy (non-hydrogen) atoms. The molecule has 6 heteroatoms. The van der Waals surface area contributed by atoms with E-state index in [1.54, 1.807) is 25.1 Å². The fourth-order valence-corrected chi connectivity index (χ4v) is 3.95. The molecule has 0 aliphatic rings. The molecule has 0 saturated heterocycles. The van der Waals surface area contributed by atoms with Gasteiger partial charge in [0.1, 0.15) is 0 Å². The normalized spacial score (nSPS) is 11.4. The number of anilines is 2. The Hall–Kier alpha value is -1.53. The lowest BCUT2D eigenvalue weighted by atomic mass is 10.1. The van der Waals surface area contributed by atoms with Gasteiger partial charge in [-0.3, -0.25) is 4.72 Å². The minimum absolute atomic E-state index is 0.174. The number of aryl methyl sites for hydroxylation is 2. The topological polar surface area (TPSA) is 72.2 Å². The number of halogens is 1. The fourth-order valence-electron chi connectivity index (χ4n) is 1.97. The lowest BCUT2D eigenvalue weighted by Gasteiger charge is -2.13. The third-order valence-electron chi connectivity index (χ3n) is 3.41. The Balaban J connectivity index is 2.45. The average Bonchev–Trinajstić information content (AvgIpc) is 2.37. The van der Waals surface area contributed by atoms with Gasteiger partial charge in [-0.15, -0.1) is 0 Å². The number of benzene rings is 2. The molecule has 0 aliphatic carbocycles. The van der Waals surface area contributed by atoms with Crippen LogP contribution in [-0.4, -0.2) is 8.42 Å². The molecule has 2 rings (SSSR count). The molecule has 3 N–H and O–H groups in total. The van der Waals surface area contributed by atoms with Crippen LogP contribution in [0, 0.1) is 20.8 Å². The molecule has 0 saturated carbocycles. The van der Waals surface area contributed by atoms with Crippen molar-refractivity contribution in [3.05, 3.63) is 51.5 Å². The van der Waals surface area contributed by atoms with Gasteiger partial charge in [0.05, 0.1) is 4.90 Å². The monoisotopic (exact) mass is 368 g/mol. The third kappa shape index (κ3) is 3.39. The van der Waals surface area contributed by atoms with Crippen molar-refractivity contribution >= 4 is 37.3 Å². The van der Waals surface area contributed by atoms with Crippen LogP contribution in [0.2, 0.25) is 0 Å². The third-order valence-corrected chi connectivity index (χ3v) is 5.38. The Labute approximate surface area is 133 Å². The molecule has 0 aromatic heterocycles. The zero-order valence-corrected chi connectivity index (χ0v) is 14.5. The molecule has 0 atom stereocenters. The van der Waals surface area contributed by atoms with Gasteiger partial charge in [0.15, 0.2) is 0 Å². The first-order chi connectivity index (χ1) is 9.70. The van der Waals surface area contributed by atoms with Crippen molar-refractivity contribution in [2.45, 2.75) is 25.7 Å². The quantitative estimate of drug-likeness (QED) is 0.810. The number of nitrogens with one attached hydrogen (secondary N) is 1. The maximum Gasteiger partial charge on any atom is 0.262 e. The van der Waals surface area contributed by atoms with Crippen LogP contribution in [0.4, 0.5) is 11.4 Å². The van der Waals surface area contributed by atoms with Crippen molar-refractivity contribution in [1.82, 2.24) is 0 Å². The highest BCUT2D eigenvalue weighted by Crippen LogP contribution is 2.28. The summed E-state index contributed by atoms with van der Waals surface area (Å²) in [5.74, 6) is 0. The highest BCUT2D eigenvalue weighted by molar-refractivity contribution is 9.10. The predicted molar refractivity (Wildman–Crippen MR) is 90.0 cm³/mol. The summed E-state index contributed by atoms with van der Waals surface area (Å²) in [5, 5.41) is 0. The number of nitrogen functional groups attached to an aromatic ring is 1. The highest BCUT2D eigenvalue weighted by Gasteiger charge is 2.19. The van der Waals surface area contributed by atoms with E-state index in [9.17, 15) is 8.42 Å². The predicted octanol–water partition coefficient (Wildman–Crippen LogP) is 3.76. The van der Waals surface area contributed by atoms with Crippen LogP contribution in [0.25, 0.3) is 0 Å². The van der Waals surface area contributed by atoms with Crippen molar-refractivity contribution in [2.24, 2.45) is 0 Å². The molecular formula is C15H17BrN2O2S. The van der Waals surface area contributed by atoms with Gasteiger partial charge in [-0.2, -0.15) is 0 Å². The Morgan fingerprint density at radius 3 is 2.33 bits per heavy atom. The van der Waals surface area contributed by atoms with Crippen LogP contribution in [0.3, 0.4) is 0 Å². The molecule has 0 unspecified atom stereocenters. The van der Waals surface area contributed by atoms with Crippen LogP contribution >= 0.6 is 15.9 Å². The SMILES string of the molecule is Cc1ccc(NS(=O)(=O)c2cc(Br)cc(N)c2C)cc1C. The summed E-state index contributed by atoms with van der Waals surface area (Å²) in [7, 11) is -3.68. The van der Waals surface area contributed by atoms with E-state index >= 15 is 0 Å². The molecule has 0 heterocycles. The fraction of sp³-hybridized carbons (Fsp3) is 0.200. The van der Waals surface area contributed by atoms with Gasteiger partial charge in [-0.1, -0.05) is 22.0 Å². The average molecular weight is 369 g/mol. The number of sulfonamides is 1. The molecule has 0 fully saturated rings. The van der Waals surface area contributed by atoms with Gasteiger partial charge in [-0.25, -0.2) is 8.42 Å². The second-order valence-electron chi connectivity index (χ2n) is 5.02. The Morgan fingerprint density at radius 1 is 1.05 bits per heavy atom. The second-order valence-corrected chi connectivity index (χ2v) is 7.59. The molecule has 0 amide bonds. The van der Waals surface area contributed by atoms with E-state index in [0.717, 1.165) is 11.1 Å². The van der Waals surface area contributed by atoms with Crippen molar-refractivity contribution in [3.63, 3.8) is 0 Å². The summed E-state index contributed by atoms with van der Waals surface area (Å²) in [4.78, 5) is 0.174. The Kier molecular flexibility index (Phi) is 4.30. The van der Waals surface area contributed by atoms with Crippen molar-refractivity contribution in [3.8, 4) is 0 Å². The van der Waals surface area contributed by atoms with Gasteiger partial charge >= 0.3 is 0 Å². The van der Waals surface area contributed by atoms with Gasteiger partial charge in [0.25, 0.3) is 10.0 Å². The summed E-state index contributed by atoms with van der Waals surface area (Å²) >= 11 is 3.27. The van der Waals surface area contributed by atoms with Gasteiger partial charge < -0.3 is 5.73 Å². The number of rotatable bonds is 3.